The highest BCUT2D eigenvalue weighted by Crippen LogP contribution is 2.24. The highest BCUT2D eigenvalue weighted by atomic mass is 16.6. The summed E-state index contributed by atoms with van der Waals surface area (Å²) in [6.07, 6.45) is -0.738. The van der Waals surface area contributed by atoms with E-state index in [-0.39, 0.29) is 12.4 Å². The third-order valence-electron chi connectivity index (χ3n) is 5.66. The Hall–Kier alpha value is -4.46. The van der Waals surface area contributed by atoms with Gasteiger partial charge in [0.05, 0.1) is 18.7 Å². The van der Waals surface area contributed by atoms with Gasteiger partial charge < -0.3 is 9.47 Å². The van der Waals surface area contributed by atoms with Crippen LogP contribution in [0.4, 0.5) is 10.6 Å². The molecular formula is C28H28N4O4. The van der Waals surface area contributed by atoms with Gasteiger partial charge in [-0.15, -0.1) is 5.10 Å². The van der Waals surface area contributed by atoms with Crippen LogP contribution in [0.25, 0.3) is 16.8 Å². The Morgan fingerprint density at radius 1 is 0.944 bits per heavy atom. The Labute approximate surface area is 209 Å². The number of aromatic nitrogens is 3. The van der Waals surface area contributed by atoms with Crippen LogP contribution in [0.5, 0.6) is 0 Å². The number of hydrogen-bond donors (Lipinski definition) is 1. The number of rotatable bonds is 8. The van der Waals surface area contributed by atoms with Gasteiger partial charge in [0.25, 0.3) is 0 Å². The first-order chi connectivity index (χ1) is 17.4. The lowest BCUT2D eigenvalue weighted by Gasteiger charge is -2.15. The van der Waals surface area contributed by atoms with Crippen molar-refractivity contribution in [1.82, 2.24) is 15.0 Å². The van der Waals surface area contributed by atoms with E-state index in [1.54, 1.807) is 18.5 Å². The second kappa shape index (κ2) is 11.3. The van der Waals surface area contributed by atoms with Crippen LogP contribution >= 0.6 is 0 Å². The van der Waals surface area contributed by atoms with E-state index in [9.17, 15) is 9.59 Å². The van der Waals surface area contributed by atoms with Crippen LogP contribution in [0.2, 0.25) is 0 Å². The maximum atomic E-state index is 12.6. The zero-order valence-corrected chi connectivity index (χ0v) is 20.5. The molecule has 0 aliphatic heterocycles. The summed E-state index contributed by atoms with van der Waals surface area (Å²) in [5.74, 6) is 0.205. The van der Waals surface area contributed by atoms with Gasteiger partial charge in [0.15, 0.2) is 5.82 Å². The predicted molar refractivity (Wildman–Crippen MR) is 137 cm³/mol. The number of nitrogens with zero attached hydrogens (tertiary/aromatic N) is 3. The Balaban J connectivity index is 1.45. The van der Waals surface area contributed by atoms with Gasteiger partial charge >= 0.3 is 12.1 Å². The second-order valence-electron chi connectivity index (χ2n) is 8.24. The first kappa shape index (κ1) is 24.7. The minimum atomic E-state index is -0.586. The fraction of sp³-hybridized carbons (Fsp3) is 0.214. The number of aryl methyl sites for hydroxylation is 1. The number of nitrogens with one attached hydrogen (secondary N) is 1. The Morgan fingerprint density at radius 2 is 1.58 bits per heavy atom. The number of benzene rings is 3. The van der Waals surface area contributed by atoms with Crippen molar-refractivity contribution in [3.05, 3.63) is 95.7 Å². The monoisotopic (exact) mass is 484 g/mol. The molecule has 184 valence electrons. The van der Waals surface area contributed by atoms with Crippen LogP contribution in [-0.4, -0.2) is 33.7 Å². The van der Waals surface area contributed by atoms with E-state index in [4.69, 9.17) is 9.47 Å². The van der Waals surface area contributed by atoms with E-state index in [1.165, 1.54) is 0 Å². The standard InChI is InChI=1S/C28H28N4O4/c1-4-35-26(33)18-21-10-12-23(13-11-21)24-14-16-25(17-15-24)32-27(19(2)30-31-32)29-28(34)36-20(3)22-8-6-5-7-9-22/h5-17,20H,4,18H2,1-3H3,(H,29,34). The summed E-state index contributed by atoms with van der Waals surface area (Å²) < 4.78 is 12.1. The zero-order valence-electron chi connectivity index (χ0n) is 20.5. The predicted octanol–water partition coefficient (Wildman–Crippen LogP) is 5.66. The molecule has 0 aliphatic rings. The molecule has 0 bridgehead atoms. The number of carbonyl (C=O) groups excluding carboxylic acids is 2. The largest absolute Gasteiger partial charge is 0.466 e. The molecule has 1 heterocycles. The lowest BCUT2D eigenvalue weighted by atomic mass is 10.0. The maximum absolute atomic E-state index is 12.6. The van der Waals surface area contributed by atoms with E-state index in [0.29, 0.717) is 18.1 Å². The number of amides is 1. The number of carbonyl (C=O) groups is 2. The van der Waals surface area contributed by atoms with Crippen LogP contribution in [0, 0.1) is 6.92 Å². The lowest BCUT2D eigenvalue weighted by Crippen LogP contribution is -2.18. The van der Waals surface area contributed by atoms with Crippen LogP contribution in [-0.2, 0) is 20.7 Å². The Bertz CT molecular complexity index is 1320. The lowest BCUT2D eigenvalue weighted by molar-refractivity contribution is -0.142. The van der Waals surface area contributed by atoms with E-state index < -0.39 is 12.2 Å². The molecule has 0 radical (unpaired) electrons. The van der Waals surface area contributed by atoms with Crippen molar-refractivity contribution in [2.75, 3.05) is 11.9 Å². The smallest absolute Gasteiger partial charge is 0.413 e. The van der Waals surface area contributed by atoms with Gasteiger partial charge in [0, 0.05) is 0 Å². The molecule has 1 atom stereocenters. The highest BCUT2D eigenvalue weighted by Gasteiger charge is 2.17. The molecule has 1 aromatic heterocycles. The van der Waals surface area contributed by atoms with Gasteiger partial charge in [-0.3, -0.25) is 10.1 Å². The first-order valence-corrected chi connectivity index (χ1v) is 11.7. The van der Waals surface area contributed by atoms with Crippen LogP contribution in [0.3, 0.4) is 0 Å². The van der Waals surface area contributed by atoms with Crippen molar-refractivity contribution in [3.8, 4) is 16.8 Å². The third kappa shape index (κ3) is 5.96. The molecule has 1 N–H and O–H groups in total. The van der Waals surface area contributed by atoms with Gasteiger partial charge in [-0.1, -0.05) is 71.9 Å². The maximum Gasteiger partial charge on any atom is 0.413 e. The van der Waals surface area contributed by atoms with Crippen LogP contribution < -0.4 is 5.32 Å². The normalized spacial score (nSPS) is 11.5. The van der Waals surface area contributed by atoms with Gasteiger partial charge in [-0.2, -0.15) is 4.68 Å². The average molecular weight is 485 g/mol. The van der Waals surface area contributed by atoms with Crippen molar-refractivity contribution in [3.63, 3.8) is 0 Å². The summed E-state index contributed by atoms with van der Waals surface area (Å²) >= 11 is 0. The first-order valence-electron chi connectivity index (χ1n) is 11.7. The number of esters is 1. The highest BCUT2D eigenvalue weighted by molar-refractivity contribution is 5.84. The van der Waals surface area contributed by atoms with Crippen molar-refractivity contribution in [1.29, 1.82) is 0 Å². The molecule has 0 aliphatic carbocycles. The molecule has 36 heavy (non-hydrogen) atoms. The van der Waals surface area contributed by atoms with Gasteiger partial charge in [-0.05, 0) is 55.2 Å². The summed E-state index contributed by atoms with van der Waals surface area (Å²) in [6, 6.07) is 25.0. The van der Waals surface area contributed by atoms with Gasteiger partial charge in [0.2, 0.25) is 0 Å². The summed E-state index contributed by atoms with van der Waals surface area (Å²) in [5.41, 5.74) is 5.13. The Kier molecular flexibility index (Phi) is 7.75. The molecule has 0 fully saturated rings. The van der Waals surface area contributed by atoms with Crippen LogP contribution in [0.1, 0.15) is 36.8 Å². The molecule has 3 aromatic carbocycles. The third-order valence-corrected chi connectivity index (χ3v) is 5.66. The van der Waals surface area contributed by atoms with Crippen molar-refractivity contribution in [2.24, 2.45) is 0 Å². The van der Waals surface area contributed by atoms with E-state index in [1.807, 2.05) is 85.8 Å². The SMILES string of the molecule is CCOC(=O)Cc1ccc(-c2ccc(-n3nnc(C)c3NC(=O)OC(C)c3ccccc3)cc2)cc1. The summed E-state index contributed by atoms with van der Waals surface area (Å²) in [7, 11) is 0. The topological polar surface area (TPSA) is 95.3 Å². The fourth-order valence-electron chi connectivity index (χ4n) is 3.75. The fourth-order valence-corrected chi connectivity index (χ4v) is 3.75. The van der Waals surface area contributed by atoms with Crippen molar-refractivity contribution in [2.45, 2.75) is 33.3 Å². The second-order valence-corrected chi connectivity index (χ2v) is 8.24. The van der Waals surface area contributed by atoms with Crippen molar-refractivity contribution < 1.29 is 19.1 Å². The van der Waals surface area contributed by atoms with Crippen molar-refractivity contribution >= 4 is 17.9 Å². The van der Waals surface area contributed by atoms with E-state index in [0.717, 1.165) is 27.9 Å². The summed E-state index contributed by atoms with van der Waals surface area (Å²) in [4.78, 5) is 24.3. The molecule has 8 heteroatoms. The van der Waals surface area contributed by atoms with Crippen LogP contribution in [0.15, 0.2) is 78.9 Å². The molecule has 4 aromatic rings. The molecular weight excluding hydrogens is 456 g/mol. The molecule has 0 saturated heterocycles. The summed E-state index contributed by atoms with van der Waals surface area (Å²) in [6.45, 7) is 5.76. The Morgan fingerprint density at radius 3 is 2.22 bits per heavy atom. The molecule has 8 nitrogen and oxygen atoms in total. The number of hydrogen-bond acceptors (Lipinski definition) is 6. The molecule has 0 spiro atoms. The minimum Gasteiger partial charge on any atom is -0.466 e. The van der Waals surface area contributed by atoms with Gasteiger partial charge in [-0.25, -0.2) is 4.79 Å². The van der Waals surface area contributed by atoms with E-state index in [2.05, 4.69) is 15.6 Å². The molecule has 1 amide bonds. The van der Waals surface area contributed by atoms with Gasteiger partial charge in [0.1, 0.15) is 11.8 Å². The molecule has 1 unspecified atom stereocenters. The molecule has 4 rings (SSSR count). The number of ether oxygens (including phenoxy) is 2. The average Bonchev–Trinajstić information content (AvgIpc) is 3.25. The summed E-state index contributed by atoms with van der Waals surface area (Å²) in [5, 5.41) is 11.1. The number of anilines is 1. The minimum absolute atomic E-state index is 0.236. The van der Waals surface area contributed by atoms with E-state index >= 15 is 0 Å². The zero-order chi connectivity index (χ0) is 25.5. The molecule has 0 saturated carbocycles. The quantitative estimate of drug-likeness (QED) is 0.324.